The summed E-state index contributed by atoms with van der Waals surface area (Å²) in [4.78, 5) is 37.0. The average Bonchev–Trinajstić information content (AvgIpc) is 3.53. The van der Waals surface area contributed by atoms with Crippen molar-refractivity contribution in [3.8, 4) is 11.6 Å². The van der Waals surface area contributed by atoms with Crippen LogP contribution in [0.15, 0.2) is 69.6 Å². The highest BCUT2D eigenvalue weighted by molar-refractivity contribution is 8.00. The second-order valence-corrected chi connectivity index (χ2v) is 8.90. The first-order valence-electron chi connectivity index (χ1n) is 10.1. The van der Waals surface area contributed by atoms with Gasteiger partial charge >= 0.3 is 0 Å². The molecule has 4 aromatic rings. The zero-order valence-corrected chi connectivity index (χ0v) is 19.1. The van der Waals surface area contributed by atoms with E-state index in [2.05, 4.69) is 15.3 Å². The predicted octanol–water partition coefficient (Wildman–Crippen LogP) is 4.21. The summed E-state index contributed by atoms with van der Waals surface area (Å²) < 4.78 is 5.45. The highest BCUT2D eigenvalue weighted by atomic mass is 32.2. The van der Waals surface area contributed by atoms with E-state index in [0.717, 1.165) is 15.8 Å². The number of rotatable bonds is 9. The zero-order valence-electron chi connectivity index (χ0n) is 17.5. The Bertz CT molecular complexity index is 1190. The summed E-state index contributed by atoms with van der Waals surface area (Å²) >= 11 is 2.92. The lowest BCUT2D eigenvalue weighted by Crippen LogP contribution is -2.41. The Kier molecular flexibility index (Phi) is 7.18. The largest absolute Gasteiger partial charge is 0.461 e. The monoisotopic (exact) mass is 466 g/mol. The van der Waals surface area contributed by atoms with Crippen molar-refractivity contribution in [1.82, 2.24) is 20.2 Å². The molecule has 164 valence electrons. The fraction of sp³-hybridized carbons (Fsp3) is 0.217. The molecule has 3 aromatic heterocycles. The molecule has 0 atom stereocenters. The van der Waals surface area contributed by atoms with Crippen LogP contribution >= 0.6 is 23.1 Å². The van der Waals surface area contributed by atoms with Gasteiger partial charge in [-0.15, -0.1) is 11.3 Å². The van der Waals surface area contributed by atoms with Gasteiger partial charge in [-0.2, -0.15) is 0 Å². The van der Waals surface area contributed by atoms with Crippen molar-refractivity contribution in [2.45, 2.75) is 18.5 Å². The van der Waals surface area contributed by atoms with E-state index in [1.54, 1.807) is 34.6 Å². The first kappa shape index (κ1) is 22.0. The maximum absolute atomic E-state index is 12.8. The van der Waals surface area contributed by atoms with Gasteiger partial charge in [0, 0.05) is 16.8 Å². The molecule has 0 fully saturated rings. The fourth-order valence-corrected chi connectivity index (χ4v) is 4.67. The Morgan fingerprint density at radius 2 is 2.00 bits per heavy atom. The average molecular weight is 467 g/mol. The number of hydrogen-bond donors (Lipinski definition) is 1. The van der Waals surface area contributed by atoms with Crippen molar-refractivity contribution in [1.29, 1.82) is 0 Å². The summed E-state index contributed by atoms with van der Waals surface area (Å²) in [6.07, 6.45) is 1.58. The van der Waals surface area contributed by atoms with Crippen molar-refractivity contribution in [3.63, 3.8) is 0 Å². The van der Waals surface area contributed by atoms with E-state index in [1.165, 1.54) is 11.8 Å². The Labute approximate surface area is 193 Å². The first-order valence-corrected chi connectivity index (χ1v) is 12.0. The second-order valence-electron chi connectivity index (χ2n) is 6.90. The molecule has 0 aliphatic carbocycles. The van der Waals surface area contributed by atoms with Gasteiger partial charge in [-0.05, 0) is 36.6 Å². The van der Waals surface area contributed by atoms with Crippen molar-refractivity contribution in [3.05, 3.63) is 65.1 Å². The van der Waals surface area contributed by atoms with Crippen molar-refractivity contribution in [2.24, 2.45) is 0 Å². The Hall–Kier alpha value is -3.17. The lowest BCUT2D eigenvalue weighted by molar-refractivity contribution is -0.133. The maximum atomic E-state index is 12.8. The molecule has 2 amide bonds. The van der Waals surface area contributed by atoms with E-state index in [-0.39, 0.29) is 24.1 Å². The number of amides is 2. The number of benzene rings is 1. The molecule has 4 rings (SSSR count). The summed E-state index contributed by atoms with van der Waals surface area (Å²) in [5, 5.41) is 6.41. The number of thiophene rings is 1. The van der Waals surface area contributed by atoms with Gasteiger partial charge < -0.3 is 14.6 Å². The van der Waals surface area contributed by atoms with Crippen LogP contribution in [0.2, 0.25) is 0 Å². The van der Waals surface area contributed by atoms with Crippen LogP contribution < -0.4 is 5.32 Å². The number of nitrogens with zero attached hydrogens (tertiary/aromatic N) is 3. The molecule has 3 heterocycles. The van der Waals surface area contributed by atoms with Crippen LogP contribution in [0.25, 0.3) is 22.5 Å². The molecular formula is C23H22N4O3S2. The smallest absolute Gasteiger partial charge is 0.239 e. The van der Waals surface area contributed by atoms with E-state index in [9.17, 15) is 9.59 Å². The van der Waals surface area contributed by atoms with E-state index >= 15 is 0 Å². The van der Waals surface area contributed by atoms with Crippen LogP contribution in [-0.4, -0.2) is 45.5 Å². The molecule has 0 bridgehead atoms. The normalized spacial score (nSPS) is 10.9. The SMILES string of the molecule is CCN(CC(=O)NCc1cccs1)C(=O)CSc1nc(-c2ccco2)nc2ccccc12. The van der Waals surface area contributed by atoms with E-state index < -0.39 is 0 Å². The van der Waals surface area contributed by atoms with Crippen molar-refractivity contribution >= 4 is 45.8 Å². The molecule has 0 saturated carbocycles. The van der Waals surface area contributed by atoms with Crippen LogP contribution in [0.1, 0.15) is 11.8 Å². The number of furan rings is 1. The fourth-order valence-electron chi connectivity index (χ4n) is 3.10. The van der Waals surface area contributed by atoms with Gasteiger partial charge in [0.25, 0.3) is 0 Å². The number of likely N-dealkylation sites (N-methyl/N-ethyl adjacent to an activating group) is 1. The summed E-state index contributed by atoms with van der Waals surface area (Å²) in [5.74, 6) is 0.924. The molecule has 7 nitrogen and oxygen atoms in total. The highest BCUT2D eigenvalue weighted by Crippen LogP contribution is 2.28. The molecule has 9 heteroatoms. The number of carbonyl (C=O) groups excluding carboxylic acids is 2. The molecule has 0 spiro atoms. The Morgan fingerprint density at radius 1 is 1.12 bits per heavy atom. The lowest BCUT2D eigenvalue weighted by Gasteiger charge is -2.20. The molecule has 0 aliphatic rings. The van der Waals surface area contributed by atoms with Crippen molar-refractivity contribution < 1.29 is 14.0 Å². The molecule has 0 saturated heterocycles. The quantitative estimate of drug-likeness (QED) is 0.294. The molecule has 0 radical (unpaired) electrons. The summed E-state index contributed by atoms with van der Waals surface area (Å²) in [7, 11) is 0. The molecule has 1 N–H and O–H groups in total. The Balaban J connectivity index is 1.42. The van der Waals surface area contributed by atoms with E-state index in [4.69, 9.17) is 4.42 Å². The zero-order chi connectivity index (χ0) is 22.3. The molecule has 32 heavy (non-hydrogen) atoms. The van der Waals surface area contributed by atoms with E-state index in [0.29, 0.717) is 29.7 Å². The second kappa shape index (κ2) is 10.4. The van der Waals surface area contributed by atoms with Gasteiger partial charge in [-0.1, -0.05) is 36.0 Å². The van der Waals surface area contributed by atoms with Crippen LogP contribution in [0.4, 0.5) is 0 Å². The van der Waals surface area contributed by atoms with Crippen LogP contribution in [-0.2, 0) is 16.1 Å². The van der Waals surface area contributed by atoms with Crippen LogP contribution in [0.5, 0.6) is 0 Å². The number of thioether (sulfide) groups is 1. The number of fused-ring (bicyclic) bond motifs is 1. The number of nitrogens with one attached hydrogen (secondary N) is 1. The van der Waals surface area contributed by atoms with Crippen molar-refractivity contribution in [2.75, 3.05) is 18.8 Å². The minimum absolute atomic E-state index is 0.0312. The summed E-state index contributed by atoms with van der Waals surface area (Å²) in [6.45, 7) is 2.82. The van der Waals surface area contributed by atoms with Gasteiger partial charge in [0.1, 0.15) is 5.03 Å². The maximum Gasteiger partial charge on any atom is 0.239 e. The molecular weight excluding hydrogens is 444 g/mol. The minimum Gasteiger partial charge on any atom is -0.461 e. The summed E-state index contributed by atoms with van der Waals surface area (Å²) in [5.41, 5.74) is 0.782. The minimum atomic E-state index is -0.175. The van der Waals surface area contributed by atoms with Gasteiger partial charge in [-0.3, -0.25) is 9.59 Å². The van der Waals surface area contributed by atoms with Gasteiger partial charge in [0.2, 0.25) is 11.8 Å². The molecule has 0 unspecified atom stereocenters. The third-order valence-electron chi connectivity index (χ3n) is 4.75. The summed E-state index contributed by atoms with van der Waals surface area (Å²) in [6, 6.07) is 15.2. The third kappa shape index (κ3) is 5.35. The van der Waals surface area contributed by atoms with Crippen LogP contribution in [0, 0.1) is 0 Å². The molecule has 0 aliphatic heterocycles. The number of carbonyl (C=O) groups is 2. The topological polar surface area (TPSA) is 88.3 Å². The number of aromatic nitrogens is 2. The third-order valence-corrected chi connectivity index (χ3v) is 6.60. The molecule has 1 aromatic carbocycles. The van der Waals surface area contributed by atoms with E-state index in [1.807, 2.05) is 48.7 Å². The first-order chi connectivity index (χ1) is 15.6. The standard InChI is InChI=1S/C23H22N4O3S2/c1-2-27(14-20(28)24-13-16-7-6-12-31-16)21(29)15-32-23-17-8-3-4-9-18(17)25-22(26-23)19-10-5-11-30-19/h3-12H,2,13-15H2,1H3,(H,24,28). The Morgan fingerprint density at radius 3 is 2.75 bits per heavy atom. The highest BCUT2D eigenvalue weighted by Gasteiger charge is 2.18. The predicted molar refractivity (Wildman–Crippen MR) is 126 cm³/mol. The van der Waals surface area contributed by atoms with Gasteiger partial charge in [0.05, 0.1) is 30.6 Å². The number of para-hydroxylation sites is 1. The lowest BCUT2D eigenvalue weighted by atomic mass is 10.2. The number of hydrogen-bond acceptors (Lipinski definition) is 7. The van der Waals surface area contributed by atoms with Gasteiger partial charge in [0.15, 0.2) is 11.6 Å². The van der Waals surface area contributed by atoms with Gasteiger partial charge in [-0.25, -0.2) is 9.97 Å². The van der Waals surface area contributed by atoms with Crippen LogP contribution in [0.3, 0.4) is 0 Å².